The van der Waals surface area contributed by atoms with Gasteiger partial charge in [0.1, 0.15) is 12.7 Å². The zero-order valence-electron chi connectivity index (χ0n) is 9.09. The van der Waals surface area contributed by atoms with Crippen LogP contribution in [0.4, 0.5) is 5.82 Å². The van der Waals surface area contributed by atoms with Crippen LogP contribution < -0.4 is 10.1 Å². The number of ether oxygens (including phenoxy) is 1. The Balaban J connectivity index is 2.12. The zero-order chi connectivity index (χ0) is 12.1. The van der Waals surface area contributed by atoms with Gasteiger partial charge in [-0.15, -0.1) is 0 Å². The Morgan fingerprint density at radius 2 is 2.18 bits per heavy atom. The fourth-order valence-corrected chi connectivity index (χ4v) is 1.47. The number of nitrogens with one attached hydrogen (secondary N) is 1. The minimum atomic E-state index is 0.271. The Hall–Kier alpha value is -1.95. The molecule has 17 heavy (non-hydrogen) atoms. The van der Waals surface area contributed by atoms with E-state index in [2.05, 4.69) is 25.3 Å². The molecule has 0 fully saturated rings. The molecule has 2 aromatic rings. The van der Waals surface area contributed by atoms with Crippen LogP contribution >= 0.6 is 11.6 Å². The molecule has 7 heteroatoms. The third-order valence-corrected chi connectivity index (χ3v) is 2.31. The van der Waals surface area contributed by atoms with Gasteiger partial charge in [-0.05, 0) is 6.07 Å². The topological polar surface area (TPSA) is 72.8 Å². The van der Waals surface area contributed by atoms with Crippen LogP contribution in [0.3, 0.4) is 0 Å². The van der Waals surface area contributed by atoms with E-state index >= 15 is 0 Å². The van der Waals surface area contributed by atoms with Gasteiger partial charge >= 0.3 is 0 Å². The molecule has 0 saturated heterocycles. The highest BCUT2D eigenvalue weighted by Gasteiger charge is 2.09. The highest BCUT2D eigenvalue weighted by molar-refractivity contribution is 6.31. The first kappa shape index (κ1) is 11.5. The first-order chi connectivity index (χ1) is 8.31. The molecule has 0 radical (unpaired) electrons. The van der Waals surface area contributed by atoms with Gasteiger partial charge in [-0.3, -0.25) is 0 Å². The van der Waals surface area contributed by atoms with E-state index in [0.29, 0.717) is 18.1 Å². The molecule has 1 N–H and O–H groups in total. The molecule has 0 unspecified atom stereocenters. The van der Waals surface area contributed by atoms with Crippen molar-refractivity contribution in [2.45, 2.75) is 6.54 Å². The summed E-state index contributed by atoms with van der Waals surface area (Å²) in [4.78, 5) is 15.8. The Kier molecular flexibility index (Phi) is 3.66. The average Bonchev–Trinajstić information content (AvgIpc) is 2.37. The molecule has 0 amide bonds. The smallest absolute Gasteiger partial charge is 0.198 e. The van der Waals surface area contributed by atoms with Crippen molar-refractivity contribution in [3.8, 4) is 5.75 Å². The van der Waals surface area contributed by atoms with Gasteiger partial charge in [0, 0.05) is 6.20 Å². The van der Waals surface area contributed by atoms with Crippen LogP contribution in [0.25, 0.3) is 0 Å². The summed E-state index contributed by atoms with van der Waals surface area (Å²) < 4.78 is 5.11. The molecule has 0 atom stereocenters. The molecule has 6 nitrogen and oxygen atoms in total. The minimum Gasteiger partial charge on any atom is -0.490 e. The van der Waals surface area contributed by atoms with Gasteiger partial charge in [-0.2, -0.15) is 0 Å². The molecule has 2 aromatic heterocycles. The van der Waals surface area contributed by atoms with Crippen LogP contribution in [0.2, 0.25) is 5.15 Å². The number of hydrogen-bond donors (Lipinski definition) is 1. The lowest BCUT2D eigenvalue weighted by Gasteiger charge is -2.09. The van der Waals surface area contributed by atoms with E-state index < -0.39 is 0 Å². The molecular weight excluding hydrogens is 242 g/mol. The van der Waals surface area contributed by atoms with Crippen molar-refractivity contribution in [3.63, 3.8) is 0 Å². The van der Waals surface area contributed by atoms with Crippen LogP contribution in [0.15, 0.2) is 24.9 Å². The van der Waals surface area contributed by atoms with E-state index in [1.165, 1.54) is 19.8 Å². The lowest BCUT2D eigenvalue weighted by molar-refractivity contribution is 0.413. The Labute approximate surface area is 103 Å². The van der Waals surface area contributed by atoms with Crippen LogP contribution in [-0.4, -0.2) is 27.0 Å². The first-order valence-corrected chi connectivity index (χ1v) is 5.22. The van der Waals surface area contributed by atoms with Crippen molar-refractivity contribution < 1.29 is 4.74 Å². The quantitative estimate of drug-likeness (QED) is 0.831. The number of hydrogen-bond acceptors (Lipinski definition) is 6. The third-order valence-electron chi connectivity index (χ3n) is 2.04. The van der Waals surface area contributed by atoms with Gasteiger partial charge in [-0.1, -0.05) is 11.6 Å². The average molecular weight is 252 g/mol. The molecule has 0 spiro atoms. The third kappa shape index (κ3) is 2.79. The standard InChI is InChI=1S/C10H10ClN5O/c1-17-8-9(11)15-6-16-10(8)13-4-7-2-3-12-5-14-7/h2-3,5-6H,4H2,1H3,(H,13,15,16). The van der Waals surface area contributed by atoms with Crippen LogP contribution in [0.1, 0.15) is 5.69 Å². The molecule has 0 aliphatic rings. The fraction of sp³-hybridized carbons (Fsp3) is 0.200. The molecule has 0 aliphatic heterocycles. The molecule has 0 bridgehead atoms. The summed E-state index contributed by atoms with van der Waals surface area (Å²) in [5.41, 5.74) is 0.844. The number of nitrogens with zero attached hydrogens (tertiary/aromatic N) is 4. The highest BCUT2D eigenvalue weighted by Crippen LogP contribution is 2.28. The molecule has 2 heterocycles. The summed E-state index contributed by atoms with van der Waals surface area (Å²) in [5, 5.41) is 3.34. The van der Waals surface area contributed by atoms with Gasteiger partial charge in [0.15, 0.2) is 16.7 Å². The predicted octanol–water partition coefficient (Wildman–Crippen LogP) is 1.54. The molecule has 0 aromatic carbocycles. The number of rotatable bonds is 4. The van der Waals surface area contributed by atoms with Crippen molar-refractivity contribution >= 4 is 17.4 Å². The number of aromatic nitrogens is 4. The lowest BCUT2D eigenvalue weighted by atomic mass is 10.4. The second kappa shape index (κ2) is 5.40. The monoisotopic (exact) mass is 251 g/mol. The molecule has 88 valence electrons. The van der Waals surface area contributed by atoms with Crippen molar-refractivity contribution in [3.05, 3.63) is 35.8 Å². The van der Waals surface area contributed by atoms with Gasteiger partial charge in [-0.25, -0.2) is 19.9 Å². The Bertz CT molecular complexity index is 493. The van der Waals surface area contributed by atoms with E-state index in [-0.39, 0.29) is 5.15 Å². The molecule has 0 saturated carbocycles. The number of anilines is 1. The zero-order valence-corrected chi connectivity index (χ0v) is 9.85. The second-order valence-electron chi connectivity index (χ2n) is 3.10. The number of methoxy groups -OCH3 is 1. The van der Waals surface area contributed by atoms with E-state index in [1.807, 2.05) is 6.07 Å². The van der Waals surface area contributed by atoms with E-state index in [9.17, 15) is 0 Å². The molecule has 2 rings (SSSR count). The van der Waals surface area contributed by atoms with Gasteiger partial charge in [0.25, 0.3) is 0 Å². The van der Waals surface area contributed by atoms with Crippen molar-refractivity contribution in [1.29, 1.82) is 0 Å². The van der Waals surface area contributed by atoms with Gasteiger partial charge in [0.2, 0.25) is 0 Å². The fourth-order valence-electron chi connectivity index (χ4n) is 1.26. The maximum Gasteiger partial charge on any atom is 0.198 e. The van der Waals surface area contributed by atoms with Gasteiger partial charge in [0.05, 0.1) is 19.3 Å². The van der Waals surface area contributed by atoms with Crippen molar-refractivity contribution in [2.75, 3.05) is 12.4 Å². The largest absolute Gasteiger partial charge is 0.490 e. The first-order valence-electron chi connectivity index (χ1n) is 4.84. The highest BCUT2D eigenvalue weighted by atomic mass is 35.5. The minimum absolute atomic E-state index is 0.271. The van der Waals surface area contributed by atoms with Crippen LogP contribution in [-0.2, 0) is 6.54 Å². The summed E-state index contributed by atoms with van der Waals surface area (Å²) in [6.45, 7) is 0.506. The van der Waals surface area contributed by atoms with Crippen LogP contribution in [0, 0.1) is 0 Å². The number of halogens is 1. The summed E-state index contributed by atoms with van der Waals surface area (Å²) in [5.74, 6) is 0.953. The second-order valence-corrected chi connectivity index (χ2v) is 3.46. The Morgan fingerprint density at radius 1 is 1.29 bits per heavy atom. The lowest BCUT2D eigenvalue weighted by Crippen LogP contribution is -2.05. The summed E-state index contributed by atoms with van der Waals surface area (Å²) >= 11 is 5.87. The van der Waals surface area contributed by atoms with Crippen molar-refractivity contribution in [1.82, 2.24) is 19.9 Å². The van der Waals surface area contributed by atoms with Gasteiger partial charge < -0.3 is 10.1 Å². The molecular formula is C10H10ClN5O. The van der Waals surface area contributed by atoms with E-state index in [0.717, 1.165) is 5.69 Å². The summed E-state index contributed by atoms with van der Waals surface area (Å²) in [6.07, 6.45) is 4.53. The normalized spacial score (nSPS) is 10.0. The van der Waals surface area contributed by atoms with Crippen molar-refractivity contribution in [2.24, 2.45) is 0 Å². The van der Waals surface area contributed by atoms with Crippen LogP contribution in [0.5, 0.6) is 5.75 Å². The maximum absolute atomic E-state index is 5.87. The SMILES string of the molecule is COc1c(Cl)ncnc1NCc1ccncn1. The summed E-state index contributed by atoms with van der Waals surface area (Å²) in [6, 6.07) is 1.81. The van der Waals surface area contributed by atoms with E-state index in [4.69, 9.17) is 16.3 Å². The maximum atomic E-state index is 5.87. The predicted molar refractivity (Wildman–Crippen MR) is 63.0 cm³/mol. The summed E-state index contributed by atoms with van der Waals surface area (Å²) in [7, 11) is 1.51. The molecule has 0 aliphatic carbocycles. The van der Waals surface area contributed by atoms with E-state index in [1.54, 1.807) is 6.20 Å². The Morgan fingerprint density at radius 3 is 2.88 bits per heavy atom.